The molecule has 7 heteroatoms. The number of piperidine rings is 1. The third-order valence-corrected chi connectivity index (χ3v) is 5.27. The molecule has 0 aromatic carbocycles. The van der Waals surface area contributed by atoms with Crippen molar-refractivity contribution in [3.63, 3.8) is 0 Å². The highest BCUT2D eigenvalue weighted by Gasteiger charge is 2.23. The molecule has 1 saturated heterocycles. The van der Waals surface area contributed by atoms with Gasteiger partial charge < -0.3 is 10.2 Å². The van der Waals surface area contributed by atoms with Crippen molar-refractivity contribution in [2.45, 2.75) is 45.7 Å². The topological polar surface area (TPSA) is 63.1 Å². The highest BCUT2D eigenvalue weighted by molar-refractivity contribution is 7.11. The predicted molar refractivity (Wildman–Crippen MR) is 95.0 cm³/mol. The van der Waals surface area contributed by atoms with Crippen LogP contribution in [0, 0.1) is 5.92 Å². The minimum absolute atomic E-state index is 0.0210. The fraction of sp³-hybridized carbons (Fsp3) is 0.588. The summed E-state index contributed by atoms with van der Waals surface area (Å²) >= 11 is 1.69. The normalized spacial score (nSPS) is 15.9. The van der Waals surface area contributed by atoms with Crippen molar-refractivity contribution >= 4 is 17.4 Å². The number of thiazole rings is 1. The molecule has 0 aliphatic carbocycles. The van der Waals surface area contributed by atoms with Crippen LogP contribution in [0.15, 0.2) is 24.7 Å². The van der Waals surface area contributed by atoms with Gasteiger partial charge in [-0.1, -0.05) is 13.8 Å². The second-order valence-corrected chi connectivity index (χ2v) is 7.88. The van der Waals surface area contributed by atoms with Gasteiger partial charge in [0.25, 0.3) is 0 Å². The molecule has 24 heavy (non-hydrogen) atoms. The molecule has 2 aromatic heterocycles. The second-order valence-electron chi connectivity index (χ2n) is 6.68. The van der Waals surface area contributed by atoms with Crippen LogP contribution in [-0.4, -0.2) is 38.8 Å². The Bertz CT molecular complexity index is 644. The van der Waals surface area contributed by atoms with Crippen LogP contribution in [-0.2, 0) is 13.0 Å². The minimum Gasteiger partial charge on any atom is -0.333 e. The molecule has 130 valence electrons. The fourth-order valence-corrected chi connectivity index (χ4v) is 4.05. The average molecular weight is 347 g/mol. The Hall–Kier alpha value is -1.89. The van der Waals surface area contributed by atoms with E-state index in [-0.39, 0.29) is 6.03 Å². The van der Waals surface area contributed by atoms with E-state index in [9.17, 15) is 4.79 Å². The summed E-state index contributed by atoms with van der Waals surface area (Å²) < 4.78 is 2.00. The van der Waals surface area contributed by atoms with Crippen molar-refractivity contribution in [1.29, 1.82) is 0 Å². The number of aromatic nitrogens is 3. The quantitative estimate of drug-likeness (QED) is 0.904. The van der Waals surface area contributed by atoms with Gasteiger partial charge in [0.05, 0.1) is 17.6 Å². The van der Waals surface area contributed by atoms with Gasteiger partial charge in [-0.2, -0.15) is 5.10 Å². The number of carbonyl (C=O) groups is 1. The van der Waals surface area contributed by atoms with Crippen LogP contribution in [0.25, 0.3) is 0 Å². The second kappa shape index (κ2) is 7.79. The van der Waals surface area contributed by atoms with Crippen LogP contribution in [0.4, 0.5) is 4.79 Å². The molecule has 6 nitrogen and oxygen atoms in total. The molecule has 0 saturated carbocycles. The third kappa shape index (κ3) is 4.35. The summed E-state index contributed by atoms with van der Waals surface area (Å²) in [5.41, 5.74) is 0. The molecule has 0 atom stereocenters. The zero-order chi connectivity index (χ0) is 16.9. The standard InChI is InChI=1S/C17H25N5OS/c1-13(2)10-16-18-11-15(24-16)12-19-17(23)21-8-4-14(5-9-21)22-7-3-6-20-22/h3,6-7,11,13-14H,4-5,8-10,12H2,1-2H3,(H,19,23). The van der Waals surface area contributed by atoms with E-state index in [1.807, 2.05) is 34.2 Å². The lowest BCUT2D eigenvalue weighted by atomic mass is 10.1. The highest BCUT2D eigenvalue weighted by Crippen LogP contribution is 2.21. The number of nitrogens with one attached hydrogen (secondary N) is 1. The van der Waals surface area contributed by atoms with Gasteiger partial charge in [-0.25, -0.2) is 9.78 Å². The van der Waals surface area contributed by atoms with E-state index in [2.05, 4.69) is 29.2 Å². The van der Waals surface area contributed by atoms with Crippen LogP contribution in [0.1, 0.15) is 42.6 Å². The first kappa shape index (κ1) is 17.0. The SMILES string of the molecule is CC(C)Cc1ncc(CNC(=O)N2CCC(n3cccn3)CC2)s1. The molecule has 0 spiro atoms. The molecular weight excluding hydrogens is 322 g/mol. The lowest BCUT2D eigenvalue weighted by Crippen LogP contribution is -2.44. The Labute approximate surface area is 146 Å². The van der Waals surface area contributed by atoms with Crippen molar-refractivity contribution < 1.29 is 4.79 Å². The zero-order valence-corrected chi connectivity index (χ0v) is 15.1. The van der Waals surface area contributed by atoms with E-state index in [0.717, 1.165) is 42.2 Å². The summed E-state index contributed by atoms with van der Waals surface area (Å²) in [6.07, 6.45) is 8.59. The van der Waals surface area contributed by atoms with E-state index in [4.69, 9.17) is 0 Å². The molecule has 2 aromatic rings. The molecule has 0 radical (unpaired) electrons. The third-order valence-electron chi connectivity index (χ3n) is 4.25. The van der Waals surface area contributed by atoms with Gasteiger partial charge in [-0.15, -0.1) is 11.3 Å². The Morgan fingerprint density at radius 3 is 2.88 bits per heavy atom. The summed E-state index contributed by atoms with van der Waals surface area (Å²) in [4.78, 5) is 19.8. The molecule has 3 rings (SSSR count). The summed E-state index contributed by atoms with van der Waals surface area (Å²) in [5, 5.41) is 8.47. The van der Waals surface area contributed by atoms with Crippen LogP contribution >= 0.6 is 11.3 Å². The minimum atomic E-state index is 0.0210. The zero-order valence-electron chi connectivity index (χ0n) is 14.3. The summed E-state index contributed by atoms with van der Waals surface area (Å²) in [6, 6.07) is 2.37. The van der Waals surface area contributed by atoms with E-state index < -0.39 is 0 Å². The Morgan fingerprint density at radius 2 is 2.21 bits per heavy atom. The maximum atomic E-state index is 12.3. The van der Waals surface area contributed by atoms with Gasteiger partial charge in [0.2, 0.25) is 0 Å². The maximum absolute atomic E-state index is 12.3. The first-order valence-corrected chi connectivity index (χ1v) is 9.39. The van der Waals surface area contributed by atoms with Gasteiger partial charge in [0.1, 0.15) is 0 Å². The molecule has 1 fully saturated rings. The van der Waals surface area contributed by atoms with Gasteiger partial charge in [-0.3, -0.25) is 4.68 Å². The summed E-state index contributed by atoms with van der Waals surface area (Å²) in [6.45, 7) is 6.49. The van der Waals surface area contributed by atoms with Crippen molar-refractivity contribution in [2.24, 2.45) is 5.92 Å². The molecule has 0 bridgehead atoms. The first-order valence-electron chi connectivity index (χ1n) is 8.57. The first-order chi connectivity index (χ1) is 11.6. The molecule has 3 heterocycles. The molecule has 1 N–H and O–H groups in total. The lowest BCUT2D eigenvalue weighted by Gasteiger charge is -2.32. The number of amides is 2. The molecule has 2 amide bonds. The largest absolute Gasteiger partial charge is 0.333 e. The molecule has 1 aliphatic heterocycles. The number of likely N-dealkylation sites (tertiary alicyclic amines) is 1. The van der Waals surface area contributed by atoms with Gasteiger partial charge in [0, 0.05) is 43.0 Å². The number of nitrogens with zero attached hydrogens (tertiary/aromatic N) is 4. The monoisotopic (exact) mass is 347 g/mol. The molecule has 0 unspecified atom stereocenters. The Morgan fingerprint density at radius 1 is 1.42 bits per heavy atom. The Kier molecular flexibility index (Phi) is 5.50. The number of hydrogen-bond acceptors (Lipinski definition) is 4. The van der Waals surface area contributed by atoms with Gasteiger partial charge in [-0.05, 0) is 24.8 Å². The molecular formula is C17H25N5OS. The average Bonchev–Trinajstić information content (AvgIpc) is 3.24. The number of carbonyl (C=O) groups excluding carboxylic acids is 1. The van der Waals surface area contributed by atoms with Crippen molar-refractivity contribution in [3.05, 3.63) is 34.5 Å². The lowest BCUT2D eigenvalue weighted by molar-refractivity contribution is 0.168. The van der Waals surface area contributed by atoms with E-state index in [1.165, 1.54) is 0 Å². The predicted octanol–water partition coefficient (Wildman–Crippen LogP) is 3.08. The van der Waals surface area contributed by atoms with Gasteiger partial charge >= 0.3 is 6.03 Å². The maximum Gasteiger partial charge on any atom is 0.317 e. The highest BCUT2D eigenvalue weighted by atomic mass is 32.1. The van der Waals surface area contributed by atoms with Crippen LogP contribution in [0.3, 0.4) is 0 Å². The van der Waals surface area contributed by atoms with E-state index in [1.54, 1.807) is 11.3 Å². The van der Waals surface area contributed by atoms with E-state index in [0.29, 0.717) is 18.5 Å². The summed E-state index contributed by atoms with van der Waals surface area (Å²) in [7, 11) is 0. The van der Waals surface area contributed by atoms with Crippen LogP contribution in [0.5, 0.6) is 0 Å². The van der Waals surface area contributed by atoms with Crippen molar-refractivity contribution in [1.82, 2.24) is 25.0 Å². The number of rotatable bonds is 5. The van der Waals surface area contributed by atoms with Crippen molar-refractivity contribution in [3.8, 4) is 0 Å². The van der Waals surface area contributed by atoms with E-state index >= 15 is 0 Å². The summed E-state index contributed by atoms with van der Waals surface area (Å²) in [5.74, 6) is 0.606. The fourth-order valence-electron chi connectivity index (χ4n) is 2.98. The van der Waals surface area contributed by atoms with Gasteiger partial charge in [0.15, 0.2) is 0 Å². The Balaban J connectivity index is 1.43. The number of hydrogen-bond donors (Lipinski definition) is 1. The number of urea groups is 1. The van der Waals surface area contributed by atoms with Crippen LogP contribution < -0.4 is 5.32 Å². The van der Waals surface area contributed by atoms with Crippen molar-refractivity contribution in [2.75, 3.05) is 13.1 Å². The van der Waals surface area contributed by atoms with Crippen LogP contribution in [0.2, 0.25) is 0 Å². The smallest absolute Gasteiger partial charge is 0.317 e. The molecule has 1 aliphatic rings.